The number of aliphatic hydroxyl groups is 1. The monoisotopic (exact) mass is 514 g/mol. The summed E-state index contributed by atoms with van der Waals surface area (Å²) in [6.45, 7) is 6.18. The van der Waals surface area contributed by atoms with Crippen LogP contribution in [0.1, 0.15) is 41.7 Å². The highest BCUT2D eigenvalue weighted by atomic mass is 32.2. The average Bonchev–Trinajstić information content (AvgIpc) is 3.63. The van der Waals surface area contributed by atoms with Gasteiger partial charge in [-0.15, -0.1) is 0 Å². The molecule has 11 heteroatoms. The molecule has 1 unspecified atom stereocenters. The molecule has 3 heterocycles. The van der Waals surface area contributed by atoms with Crippen LogP contribution in [0, 0.1) is 12.3 Å². The summed E-state index contributed by atoms with van der Waals surface area (Å²) in [7, 11) is 0. The SMILES string of the molecule is Cc1cc(NC(=O)c2ccc(N[S+]([O-])CCO)cc2N2CCC3(CC2)CC3)nc(N2CCOCC2)n1. The quantitative estimate of drug-likeness (QED) is 0.455. The van der Waals surface area contributed by atoms with Gasteiger partial charge in [0.05, 0.1) is 48.1 Å². The minimum absolute atomic E-state index is 0.141. The van der Waals surface area contributed by atoms with Gasteiger partial charge in [-0.25, -0.2) is 9.71 Å². The molecule has 1 aromatic heterocycles. The highest BCUT2D eigenvalue weighted by Crippen LogP contribution is 2.54. The molecule has 1 aromatic carbocycles. The number of benzene rings is 1. The van der Waals surface area contributed by atoms with Crippen molar-refractivity contribution in [3.8, 4) is 0 Å². The van der Waals surface area contributed by atoms with E-state index in [-0.39, 0.29) is 18.3 Å². The Balaban J connectivity index is 1.38. The number of aliphatic hydroxyl groups excluding tert-OH is 1. The molecule has 5 rings (SSSR count). The Labute approximate surface area is 214 Å². The van der Waals surface area contributed by atoms with Gasteiger partial charge in [0.2, 0.25) is 5.95 Å². The summed E-state index contributed by atoms with van der Waals surface area (Å²) < 4.78 is 20.5. The highest BCUT2D eigenvalue weighted by molar-refractivity contribution is 7.92. The number of morpholine rings is 1. The molecular formula is C25H34N6O4S. The zero-order chi connectivity index (χ0) is 25.1. The van der Waals surface area contributed by atoms with Gasteiger partial charge in [0.1, 0.15) is 5.82 Å². The van der Waals surface area contributed by atoms with Gasteiger partial charge >= 0.3 is 0 Å². The van der Waals surface area contributed by atoms with Crippen molar-refractivity contribution in [1.82, 2.24) is 9.97 Å². The van der Waals surface area contributed by atoms with Crippen LogP contribution in [0.4, 0.5) is 23.1 Å². The van der Waals surface area contributed by atoms with E-state index in [0.717, 1.165) is 37.3 Å². The van der Waals surface area contributed by atoms with Crippen molar-refractivity contribution in [1.29, 1.82) is 0 Å². The van der Waals surface area contributed by atoms with Crippen molar-refractivity contribution in [2.24, 2.45) is 5.41 Å². The number of hydrogen-bond acceptors (Lipinski definition) is 9. The summed E-state index contributed by atoms with van der Waals surface area (Å²) in [5.41, 5.74) is 3.30. The smallest absolute Gasteiger partial charge is 0.258 e. The van der Waals surface area contributed by atoms with E-state index in [9.17, 15) is 9.35 Å². The fourth-order valence-corrected chi connectivity index (χ4v) is 5.58. The first-order valence-corrected chi connectivity index (χ1v) is 13.9. The summed E-state index contributed by atoms with van der Waals surface area (Å²) in [5, 5.41) is 12.1. The number of anilines is 4. The molecule has 1 amide bonds. The lowest BCUT2D eigenvalue weighted by molar-refractivity contribution is 0.102. The van der Waals surface area contributed by atoms with E-state index >= 15 is 0 Å². The largest absolute Gasteiger partial charge is 0.593 e. The molecule has 3 aliphatic rings. The number of amides is 1. The van der Waals surface area contributed by atoms with Crippen LogP contribution in [0.5, 0.6) is 0 Å². The number of nitrogens with one attached hydrogen (secondary N) is 2. The van der Waals surface area contributed by atoms with Crippen molar-refractivity contribution in [3.05, 3.63) is 35.5 Å². The third-order valence-corrected chi connectivity index (χ3v) is 8.27. The zero-order valence-electron chi connectivity index (χ0n) is 20.7. The van der Waals surface area contributed by atoms with Gasteiger partial charge in [0.15, 0.2) is 5.75 Å². The van der Waals surface area contributed by atoms with Crippen LogP contribution in [0.15, 0.2) is 24.3 Å². The normalized spacial score (nSPS) is 19.8. The van der Waals surface area contributed by atoms with Gasteiger partial charge in [-0.2, -0.15) is 4.98 Å². The molecule has 1 atom stereocenters. The predicted octanol–water partition coefficient (Wildman–Crippen LogP) is 2.32. The van der Waals surface area contributed by atoms with E-state index < -0.39 is 11.4 Å². The molecule has 1 aliphatic carbocycles. The Morgan fingerprint density at radius 2 is 1.86 bits per heavy atom. The summed E-state index contributed by atoms with van der Waals surface area (Å²) in [6.07, 6.45) is 4.84. The summed E-state index contributed by atoms with van der Waals surface area (Å²) in [4.78, 5) is 27.0. The van der Waals surface area contributed by atoms with Gasteiger partial charge in [0, 0.05) is 37.9 Å². The topological polar surface area (TPSA) is 126 Å². The van der Waals surface area contributed by atoms with E-state index in [4.69, 9.17) is 9.84 Å². The van der Waals surface area contributed by atoms with Crippen LogP contribution >= 0.6 is 0 Å². The molecule has 10 nitrogen and oxygen atoms in total. The molecule has 2 aliphatic heterocycles. The van der Waals surface area contributed by atoms with Crippen LogP contribution in [0.2, 0.25) is 0 Å². The van der Waals surface area contributed by atoms with Crippen molar-refractivity contribution in [2.75, 3.05) is 71.6 Å². The van der Waals surface area contributed by atoms with Crippen molar-refractivity contribution in [3.63, 3.8) is 0 Å². The van der Waals surface area contributed by atoms with E-state index in [1.54, 1.807) is 18.2 Å². The number of carbonyl (C=O) groups is 1. The van der Waals surface area contributed by atoms with Crippen LogP contribution in [0.25, 0.3) is 0 Å². The molecule has 1 saturated carbocycles. The van der Waals surface area contributed by atoms with Crippen molar-refractivity contribution in [2.45, 2.75) is 32.6 Å². The maximum atomic E-state index is 13.5. The summed E-state index contributed by atoms with van der Waals surface area (Å²) in [6, 6.07) is 7.18. The Kier molecular flexibility index (Phi) is 7.52. The van der Waals surface area contributed by atoms with E-state index in [1.165, 1.54) is 12.8 Å². The second-order valence-electron chi connectivity index (χ2n) is 9.84. The van der Waals surface area contributed by atoms with Crippen molar-refractivity contribution >= 4 is 40.4 Å². The summed E-state index contributed by atoms with van der Waals surface area (Å²) >= 11 is -1.39. The Morgan fingerprint density at radius 1 is 1.11 bits per heavy atom. The molecule has 2 saturated heterocycles. The molecule has 194 valence electrons. The maximum Gasteiger partial charge on any atom is 0.258 e. The van der Waals surface area contributed by atoms with E-state index in [2.05, 4.69) is 29.8 Å². The fourth-order valence-electron chi connectivity index (χ4n) is 4.92. The van der Waals surface area contributed by atoms with Gasteiger partial charge < -0.3 is 29.5 Å². The molecule has 2 aromatic rings. The molecule has 36 heavy (non-hydrogen) atoms. The second kappa shape index (κ2) is 10.8. The first-order chi connectivity index (χ1) is 17.4. The maximum absolute atomic E-state index is 13.5. The van der Waals surface area contributed by atoms with Crippen LogP contribution in [-0.4, -0.2) is 77.3 Å². The Hall–Kier alpha value is -2.60. The lowest BCUT2D eigenvalue weighted by atomic mass is 9.93. The number of nitrogens with zero attached hydrogens (tertiary/aromatic N) is 4. The molecule has 0 radical (unpaired) electrons. The molecular weight excluding hydrogens is 480 g/mol. The number of ether oxygens (including phenoxy) is 1. The van der Waals surface area contributed by atoms with Crippen LogP contribution in [0.3, 0.4) is 0 Å². The zero-order valence-corrected chi connectivity index (χ0v) is 21.5. The Morgan fingerprint density at radius 3 is 2.56 bits per heavy atom. The standard InChI is InChI=1S/C25H34N6O4S/c1-18-16-22(28-24(26-18)31-10-13-35-14-11-31)27-23(33)20-3-2-19(29-36(34)15-12-32)17-21(20)30-8-6-25(4-5-25)7-9-30/h2-3,16-17,29,32H,4-15H2,1H3,(H,26,27,28,33). The fraction of sp³-hybridized carbons (Fsp3) is 0.560. The number of hydrogen-bond donors (Lipinski definition) is 3. The molecule has 0 bridgehead atoms. The third-order valence-electron chi connectivity index (χ3n) is 7.25. The van der Waals surface area contributed by atoms with Gasteiger partial charge in [0.25, 0.3) is 5.91 Å². The van der Waals surface area contributed by atoms with E-state index in [1.807, 2.05) is 13.0 Å². The average molecular weight is 515 g/mol. The number of aromatic nitrogens is 2. The number of carbonyl (C=O) groups excluding carboxylic acids is 1. The van der Waals surface area contributed by atoms with Gasteiger partial charge in [-0.05, 0) is 56.2 Å². The minimum Gasteiger partial charge on any atom is -0.593 e. The van der Waals surface area contributed by atoms with Crippen molar-refractivity contribution < 1.29 is 19.2 Å². The lowest BCUT2D eigenvalue weighted by Crippen LogP contribution is -2.37. The molecule has 1 spiro atoms. The molecule has 3 fully saturated rings. The highest BCUT2D eigenvalue weighted by Gasteiger charge is 2.44. The number of rotatable bonds is 8. The van der Waals surface area contributed by atoms with Crippen LogP contribution in [-0.2, 0) is 16.1 Å². The predicted molar refractivity (Wildman–Crippen MR) is 141 cm³/mol. The first kappa shape index (κ1) is 25.1. The molecule has 3 N–H and O–H groups in total. The van der Waals surface area contributed by atoms with Crippen LogP contribution < -0.4 is 19.8 Å². The summed E-state index contributed by atoms with van der Waals surface area (Å²) in [5.74, 6) is 0.945. The van der Waals surface area contributed by atoms with E-state index in [0.29, 0.717) is 54.7 Å². The first-order valence-electron chi connectivity index (χ1n) is 12.6. The second-order valence-corrected chi connectivity index (χ2v) is 11.1. The third kappa shape index (κ3) is 5.86. The lowest BCUT2D eigenvalue weighted by Gasteiger charge is -2.35. The minimum atomic E-state index is -1.39. The number of aryl methyl sites for hydroxylation is 1. The number of piperidine rings is 1. The van der Waals surface area contributed by atoms with Gasteiger partial charge in [-0.3, -0.25) is 4.79 Å². The van der Waals surface area contributed by atoms with Gasteiger partial charge in [-0.1, -0.05) is 0 Å². The Bertz CT molecular complexity index is 1080.